The molecule has 266 valence electrons. The molecule has 11 nitrogen and oxygen atoms in total. The van der Waals surface area contributed by atoms with Crippen LogP contribution in [-0.4, -0.2) is 116 Å². The van der Waals surface area contributed by atoms with E-state index in [1.165, 1.54) is 18.0 Å². The number of anilines is 2. The number of amides is 3. The summed E-state index contributed by atoms with van der Waals surface area (Å²) in [5, 5.41) is 5.06. The lowest BCUT2D eigenvalue weighted by molar-refractivity contribution is -0.143. The van der Waals surface area contributed by atoms with Crippen LogP contribution in [0, 0.1) is 0 Å². The van der Waals surface area contributed by atoms with Crippen molar-refractivity contribution < 1.29 is 37.0 Å². The van der Waals surface area contributed by atoms with E-state index in [2.05, 4.69) is 27.5 Å². The van der Waals surface area contributed by atoms with Gasteiger partial charge >= 0.3 is 18.4 Å². The van der Waals surface area contributed by atoms with Crippen LogP contribution in [-0.2, 0) is 32.5 Å². The second kappa shape index (κ2) is 14.2. The van der Waals surface area contributed by atoms with Gasteiger partial charge in [-0.05, 0) is 43.7 Å². The van der Waals surface area contributed by atoms with Gasteiger partial charge in [-0.25, -0.2) is 9.59 Å². The van der Waals surface area contributed by atoms with Gasteiger partial charge in [0.15, 0.2) is 6.10 Å². The minimum absolute atomic E-state index is 0.116. The van der Waals surface area contributed by atoms with Crippen molar-refractivity contribution in [2.75, 3.05) is 77.1 Å². The van der Waals surface area contributed by atoms with E-state index >= 15 is 0 Å². The topological polar surface area (TPSA) is 107 Å². The Morgan fingerprint density at radius 1 is 1.04 bits per heavy atom. The first-order valence-electron chi connectivity index (χ1n) is 16.7. The van der Waals surface area contributed by atoms with Crippen molar-refractivity contribution in [1.82, 2.24) is 19.6 Å². The quantitative estimate of drug-likeness (QED) is 0.421. The number of likely N-dealkylation sites (N-methyl/N-ethyl adjacent to an activating group) is 1. The molecular weight excluding hydrogens is 665 g/mol. The van der Waals surface area contributed by atoms with E-state index < -0.39 is 41.5 Å². The highest BCUT2D eigenvalue weighted by Crippen LogP contribution is 2.44. The van der Waals surface area contributed by atoms with Crippen LogP contribution < -0.4 is 10.6 Å². The van der Waals surface area contributed by atoms with Crippen LogP contribution in [0.3, 0.4) is 0 Å². The molecule has 0 saturated carbocycles. The molecule has 2 aromatic carbocycles. The zero-order valence-electron chi connectivity index (χ0n) is 27.7. The summed E-state index contributed by atoms with van der Waals surface area (Å²) in [5.41, 5.74) is -0.576. The van der Waals surface area contributed by atoms with Gasteiger partial charge in [-0.15, -0.1) is 0 Å². The number of nitrogens with one attached hydrogen (secondary N) is 2. The van der Waals surface area contributed by atoms with Gasteiger partial charge in [0.1, 0.15) is 5.60 Å². The normalized spacial score (nSPS) is 21.1. The van der Waals surface area contributed by atoms with Gasteiger partial charge in [-0.3, -0.25) is 15.0 Å². The number of rotatable bonds is 6. The third-order valence-corrected chi connectivity index (χ3v) is 10.5. The molecule has 0 unspecified atom stereocenters. The Balaban J connectivity index is 1.18. The Hall–Kier alpha value is -3.75. The molecule has 3 saturated heterocycles. The fourth-order valence-corrected chi connectivity index (χ4v) is 7.81. The minimum atomic E-state index is -4.71. The number of hydrogen-bond donors (Lipinski definition) is 2. The average molecular weight is 707 g/mol. The van der Waals surface area contributed by atoms with E-state index in [0.717, 1.165) is 50.7 Å². The maximum atomic E-state index is 14.0. The molecule has 0 radical (unpaired) electrons. The monoisotopic (exact) mass is 706 g/mol. The van der Waals surface area contributed by atoms with Crippen molar-refractivity contribution in [3.05, 3.63) is 58.1 Å². The summed E-state index contributed by atoms with van der Waals surface area (Å²) in [6.07, 6.45) is -5.59. The molecule has 0 aliphatic carbocycles. The summed E-state index contributed by atoms with van der Waals surface area (Å²) in [5.74, 6) is -0.456. The predicted octanol–water partition coefficient (Wildman–Crippen LogP) is 5.24. The number of alkyl halides is 3. The van der Waals surface area contributed by atoms with E-state index in [4.69, 9.17) is 21.1 Å². The Kier molecular flexibility index (Phi) is 10.2. The maximum Gasteiger partial charge on any atom is 0.418 e. The van der Waals surface area contributed by atoms with Gasteiger partial charge in [-0.2, -0.15) is 13.2 Å². The zero-order valence-corrected chi connectivity index (χ0v) is 28.4. The van der Waals surface area contributed by atoms with Crippen molar-refractivity contribution in [2.24, 2.45) is 0 Å². The van der Waals surface area contributed by atoms with Crippen LogP contribution in [0.1, 0.15) is 42.4 Å². The van der Waals surface area contributed by atoms with Gasteiger partial charge < -0.3 is 29.5 Å². The molecule has 2 N–H and O–H groups in total. The standard InChI is InChI=1S/C34H42ClF3N6O5/c1-39-29-25(34(36,37)38)19-22(20-26(29)35)21-28(30(45)43-11-7-23(8-12-43)42-17-15-41(2)16-18-42)48-32(47)44-13-9-33(10-14-44)24-5-3-4-6-27(24)40-31(46)49-33/h3-6,19-20,23,28,39H,7-18,21H2,1-2H3,(H,40,46)/t28-/m1/s1. The van der Waals surface area contributed by atoms with Gasteiger partial charge in [0.2, 0.25) is 0 Å². The van der Waals surface area contributed by atoms with Crippen molar-refractivity contribution in [3.63, 3.8) is 0 Å². The summed E-state index contributed by atoms with van der Waals surface area (Å²) in [6, 6.07) is 9.98. The molecule has 0 bridgehead atoms. The Bertz CT molecular complexity index is 1550. The van der Waals surface area contributed by atoms with Crippen molar-refractivity contribution in [3.8, 4) is 0 Å². The van der Waals surface area contributed by atoms with Gasteiger partial charge in [-0.1, -0.05) is 29.8 Å². The fourth-order valence-electron chi connectivity index (χ4n) is 7.47. The molecule has 15 heteroatoms. The van der Waals surface area contributed by atoms with Crippen LogP contribution in [0.15, 0.2) is 36.4 Å². The van der Waals surface area contributed by atoms with Crippen LogP contribution in [0.5, 0.6) is 0 Å². The number of piperazine rings is 1. The average Bonchev–Trinajstić information content (AvgIpc) is 3.07. The number of halogens is 4. The molecule has 3 amide bonds. The maximum absolute atomic E-state index is 14.0. The zero-order chi connectivity index (χ0) is 34.9. The highest BCUT2D eigenvalue weighted by atomic mass is 35.5. The third-order valence-electron chi connectivity index (χ3n) is 10.2. The molecule has 0 aromatic heterocycles. The van der Waals surface area contributed by atoms with E-state index in [0.29, 0.717) is 37.7 Å². The SMILES string of the molecule is CNc1c(Cl)cc(C[C@@H](OC(=O)N2CCC3(CC2)OC(=O)Nc2ccccc23)C(=O)N2CCC(N3CCN(C)CC3)CC2)cc1C(F)(F)F. The lowest BCUT2D eigenvalue weighted by atomic mass is 9.82. The molecule has 2 aromatic rings. The largest absolute Gasteiger partial charge is 0.438 e. The van der Waals surface area contributed by atoms with Crippen molar-refractivity contribution in [2.45, 2.75) is 56.0 Å². The van der Waals surface area contributed by atoms with Gasteiger partial charge in [0, 0.05) is 90.3 Å². The number of nitrogens with zero attached hydrogens (tertiary/aromatic N) is 4. The molecule has 1 atom stereocenters. The van der Waals surface area contributed by atoms with Crippen molar-refractivity contribution >= 4 is 41.1 Å². The first-order valence-corrected chi connectivity index (χ1v) is 17.1. The molecular formula is C34H42ClF3N6O5. The molecule has 3 fully saturated rings. The van der Waals surface area contributed by atoms with E-state index in [-0.39, 0.29) is 35.8 Å². The summed E-state index contributed by atoms with van der Waals surface area (Å²) < 4.78 is 53.7. The highest BCUT2D eigenvalue weighted by Gasteiger charge is 2.46. The third kappa shape index (κ3) is 7.56. The number of piperidine rings is 2. The lowest BCUT2D eigenvalue weighted by Crippen LogP contribution is -2.54. The number of para-hydroxylation sites is 1. The number of ether oxygens (including phenoxy) is 2. The van der Waals surface area contributed by atoms with E-state index in [9.17, 15) is 27.6 Å². The fraction of sp³-hybridized carbons (Fsp3) is 0.559. The summed E-state index contributed by atoms with van der Waals surface area (Å²) in [7, 11) is 3.45. The van der Waals surface area contributed by atoms with Crippen molar-refractivity contribution in [1.29, 1.82) is 0 Å². The number of hydrogen-bond acceptors (Lipinski definition) is 8. The molecule has 4 aliphatic rings. The smallest absolute Gasteiger partial charge is 0.418 e. The van der Waals surface area contributed by atoms with Crippen LogP contribution in [0.4, 0.5) is 34.1 Å². The second-order valence-corrected chi connectivity index (χ2v) is 13.7. The summed E-state index contributed by atoms with van der Waals surface area (Å²) in [4.78, 5) is 47.9. The Morgan fingerprint density at radius 2 is 1.71 bits per heavy atom. The number of carbonyl (C=O) groups excluding carboxylic acids is 3. The Labute approximate surface area is 288 Å². The molecule has 1 spiro atoms. The van der Waals surface area contributed by atoms with Crippen LogP contribution in [0.2, 0.25) is 5.02 Å². The van der Waals surface area contributed by atoms with Gasteiger partial charge in [0.25, 0.3) is 5.91 Å². The number of likely N-dealkylation sites (tertiary alicyclic amines) is 2. The summed E-state index contributed by atoms with van der Waals surface area (Å²) >= 11 is 6.27. The first kappa shape index (κ1) is 35.1. The first-order chi connectivity index (χ1) is 23.4. The second-order valence-electron chi connectivity index (χ2n) is 13.3. The molecule has 6 rings (SSSR count). The molecule has 4 heterocycles. The Morgan fingerprint density at radius 3 is 2.37 bits per heavy atom. The molecule has 4 aliphatic heterocycles. The number of benzene rings is 2. The summed E-state index contributed by atoms with van der Waals surface area (Å²) in [6.45, 7) is 5.13. The van der Waals surface area contributed by atoms with Crippen LogP contribution in [0.25, 0.3) is 0 Å². The lowest BCUT2D eigenvalue weighted by Gasteiger charge is -2.44. The predicted molar refractivity (Wildman–Crippen MR) is 178 cm³/mol. The highest BCUT2D eigenvalue weighted by molar-refractivity contribution is 6.33. The number of carbonyl (C=O) groups is 3. The van der Waals surface area contributed by atoms with Gasteiger partial charge in [0.05, 0.1) is 22.0 Å². The molecule has 49 heavy (non-hydrogen) atoms. The minimum Gasteiger partial charge on any atom is -0.438 e. The van der Waals surface area contributed by atoms with E-state index in [1.807, 2.05) is 18.2 Å². The number of fused-ring (bicyclic) bond motifs is 2. The van der Waals surface area contributed by atoms with Crippen LogP contribution >= 0.6 is 11.6 Å². The van der Waals surface area contributed by atoms with E-state index in [1.54, 1.807) is 11.0 Å².